The second-order valence-corrected chi connectivity index (χ2v) is 6.96. The molecule has 0 spiro atoms. The first kappa shape index (κ1) is 20.3. The Labute approximate surface area is 176 Å². The van der Waals surface area contributed by atoms with Crippen LogP contribution in [0, 0.1) is 18.6 Å². The zero-order chi connectivity index (χ0) is 22.3. The van der Waals surface area contributed by atoms with Gasteiger partial charge >= 0.3 is 0 Å². The van der Waals surface area contributed by atoms with E-state index in [9.17, 15) is 23.5 Å². The summed E-state index contributed by atoms with van der Waals surface area (Å²) < 4.78 is 38.9. The number of amides is 1. The molecule has 2 aromatic carbocycles. The standard InChI is InChI=1S/C23H17F2NO5/c1-12-10-14(30-2)6-7-15(12)21(27)19-20(18-4-3-9-31-18)26(23(29)22(19)28)17-11-13(24)5-8-16(17)25/h3-11,20,27H,1-2H3/b21-19-. The highest BCUT2D eigenvalue weighted by molar-refractivity contribution is 6.51. The molecule has 1 fully saturated rings. The van der Waals surface area contributed by atoms with Gasteiger partial charge in [0.05, 0.1) is 24.6 Å². The number of aliphatic hydroxyl groups excluding tert-OH is 1. The highest BCUT2D eigenvalue weighted by Crippen LogP contribution is 2.43. The number of anilines is 1. The van der Waals surface area contributed by atoms with Crippen molar-refractivity contribution in [2.75, 3.05) is 12.0 Å². The maximum Gasteiger partial charge on any atom is 0.300 e. The van der Waals surface area contributed by atoms with Crippen molar-refractivity contribution in [2.45, 2.75) is 13.0 Å². The zero-order valence-electron chi connectivity index (χ0n) is 16.6. The molecule has 0 saturated carbocycles. The molecule has 3 aromatic rings. The van der Waals surface area contributed by atoms with Crippen LogP contribution in [-0.2, 0) is 9.59 Å². The van der Waals surface area contributed by atoms with Crippen LogP contribution in [0.4, 0.5) is 14.5 Å². The number of aliphatic hydroxyl groups is 1. The zero-order valence-corrected chi connectivity index (χ0v) is 16.6. The fourth-order valence-corrected chi connectivity index (χ4v) is 3.64. The Balaban J connectivity index is 1.95. The van der Waals surface area contributed by atoms with Crippen molar-refractivity contribution in [2.24, 2.45) is 0 Å². The van der Waals surface area contributed by atoms with Gasteiger partial charge in [0.25, 0.3) is 11.7 Å². The number of Topliss-reactive ketones (excluding diaryl/α,β-unsaturated/α-hetero) is 1. The van der Waals surface area contributed by atoms with E-state index in [4.69, 9.17) is 9.15 Å². The Kier molecular flexibility index (Phi) is 5.06. The summed E-state index contributed by atoms with van der Waals surface area (Å²) in [6.45, 7) is 1.70. The molecule has 2 heterocycles. The highest BCUT2D eigenvalue weighted by Gasteiger charge is 2.49. The largest absolute Gasteiger partial charge is 0.507 e. The van der Waals surface area contributed by atoms with Crippen molar-refractivity contribution in [3.05, 3.63) is 88.9 Å². The van der Waals surface area contributed by atoms with Gasteiger partial charge in [0, 0.05) is 11.6 Å². The van der Waals surface area contributed by atoms with Crippen molar-refractivity contribution < 1.29 is 32.6 Å². The summed E-state index contributed by atoms with van der Waals surface area (Å²) in [5.41, 5.74) is 0.138. The first-order chi connectivity index (χ1) is 14.8. The average molecular weight is 425 g/mol. The lowest BCUT2D eigenvalue weighted by Crippen LogP contribution is -2.30. The van der Waals surface area contributed by atoms with Gasteiger partial charge in [-0.3, -0.25) is 14.5 Å². The molecular weight excluding hydrogens is 408 g/mol. The van der Waals surface area contributed by atoms with Gasteiger partial charge in [-0.25, -0.2) is 8.78 Å². The number of methoxy groups -OCH3 is 1. The fraction of sp³-hybridized carbons (Fsp3) is 0.130. The number of ketones is 1. The summed E-state index contributed by atoms with van der Waals surface area (Å²) >= 11 is 0. The van der Waals surface area contributed by atoms with Crippen LogP contribution in [0.1, 0.15) is 22.9 Å². The smallest absolute Gasteiger partial charge is 0.300 e. The lowest BCUT2D eigenvalue weighted by atomic mass is 9.96. The Morgan fingerprint density at radius 3 is 2.55 bits per heavy atom. The maximum absolute atomic E-state index is 14.5. The number of furan rings is 1. The molecule has 31 heavy (non-hydrogen) atoms. The Morgan fingerprint density at radius 2 is 1.90 bits per heavy atom. The van der Waals surface area contributed by atoms with Crippen molar-refractivity contribution in [1.82, 2.24) is 0 Å². The maximum atomic E-state index is 14.5. The molecule has 1 unspecified atom stereocenters. The average Bonchev–Trinajstić information content (AvgIpc) is 3.36. The number of carbonyl (C=O) groups excluding carboxylic acids is 2. The van der Waals surface area contributed by atoms with E-state index in [1.807, 2.05) is 0 Å². The van der Waals surface area contributed by atoms with Crippen LogP contribution in [-0.4, -0.2) is 23.9 Å². The highest BCUT2D eigenvalue weighted by atomic mass is 19.1. The minimum atomic E-state index is -1.28. The second kappa shape index (κ2) is 7.71. The molecule has 1 N–H and O–H groups in total. The van der Waals surface area contributed by atoms with E-state index in [1.54, 1.807) is 25.1 Å². The first-order valence-electron chi connectivity index (χ1n) is 9.28. The van der Waals surface area contributed by atoms with Crippen LogP contribution >= 0.6 is 0 Å². The SMILES string of the molecule is COc1ccc(/C(O)=C2/C(=O)C(=O)N(c3cc(F)ccc3F)C2c2ccco2)c(C)c1. The van der Waals surface area contributed by atoms with Gasteiger partial charge in [0.1, 0.15) is 34.9 Å². The van der Waals surface area contributed by atoms with E-state index < -0.39 is 40.8 Å². The molecule has 1 atom stereocenters. The number of nitrogens with zero attached hydrogens (tertiary/aromatic N) is 1. The molecule has 6 nitrogen and oxygen atoms in total. The van der Waals surface area contributed by atoms with Gasteiger partial charge in [0.2, 0.25) is 0 Å². The first-order valence-corrected chi connectivity index (χ1v) is 9.28. The van der Waals surface area contributed by atoms with E-state index >= 15 is 0 Å². The third-order valence-electron chi connectivity index (χ3n) is 5.11. The van der Waals surface area contributed by atoms with Crippen molar-refractivity contribution in [3.8, 4) is 5.75 Å². The molecule has 1 amide bonds. The summed E-state index contributed by atoms with van der Waals surface area (Å²) in [4.78, 5) is 26.6. The number of carbonyl (C=O) groups is 2. The fourth-order valence-electron chi connectivity index (χ4n) is 3.64. The molecule has 0 radical (unpaired) electrons. The summed E-state index contributed by atoms with van der Waals surface area (Å²) in [5, 5.41) is 11.0. The Bertz CT molecular complexity index is 1220. The predicted octanol–water partition coefficient (Wildman–Crippen LogP) is 4.50. The normalized spacial score (nSPS) is 17.9. The number of hydrogen-bond donors (Lipinski definition) is 1. The van der Waals surface area contributed by atoms with Crippen molar-refractivity contribution in [1.29, 1.82) is 0 Å². The van der Waals surface area contributed by atoms with Crippen LogP contribution in [0.3, 0.4) is 0 Å². The number of benzene rings is 2. The summed E-state index contributed by atoms with van der Waals surface area (Å²) in [5.74, 6) is -3.66. The minimum absolute atomic E-state index is 0.107. The van der Waals surface area contributed by atoms with Crippen LogP contribution in [0.2, 0.25) is 0 Å². The number of ether oxygens (including phenoxy) is 1. The summed E-state index contributed by atoms with van der Waals surface area (Å²) in [6, 6.07) is 9.08. The number of aryl methyl sites for hydroxylation is 1. The molecule has 1 aliphatic heterocycles. The minimum Gasteiger partial charge on any atom is -0.507 e. The molecule has 1 aliphatic rings. The number of hydrogen-bond acceptors (Lipinski definition) is 5. The van der Waals surface area contributed by atoms with Crippen LogP contribution in [0.25, 0.3) is 5.76 Å². The van der Waals surface area contributed by atoms with Gasteiger partial charge in [-0.15, -0.1) is 0 Å². The Hall–Kier alpha value is -3.94. The molecule has 158 valence electrons. The molecule has 8 heteroatoms. The molecule has 0 aliphatic carbocycles. The van der Waals surface area contributed by atoms with Crippen LogP contribution < -0.4 is 9.64 Å². The molecule has 4 rings (SSSR count). The predicted molar refractivity (Wildman–Crippen MR) is 108 cm³/mol. The Morgan fingerprint density at radius 1 is 1.13 bits per heavy atom. The second-order valence-electron chi connectivity index (χ2n) is 6.96. The topological polar surface area (TPSA) is 80.0 Å². The third-order valence-corrected chi connectivity index (χ3v) is 5.11. The molecular formula is C23H17F2NO5. The quantitative estimate of drug-likeness (QED) is 0.378. The lowest BCUT2D eigenvalue weighted by Gasteiger charge is -2.24. The number of halogens is 2. The van der Waals surface area contributed by atoms with Gasteiger partial charge in [-0.2, -0.15) is 0 Å². The van der Waals surface area contributed by atoms with Crippen molar-refractivity contribution >= 4 is 23.1 Å². The van der Waals surface area contributed by atoms with E-state index in [2.05, 4.69) is 0 Å². The van der Waals surface area contributed by atoms with Gasteiger partial charge < -0.3 is 14.3 Å². The van der Waals surface area contributed by atoms with E-state index in [0.717, 1.165) is 23.1 Å². The summed E-state index contributed by atoms with van der Waals surface area (Å²) in [7, 11) is 1.49. The van der Waals surface area contributed by atoms with Gasteiger partial charge in [0.15, 0.2) is 0 Å². The van der Waals surface area contributed by atoms with Crippen molar-refractivity contribution in [3.63, 3.8) is 0 Å². The van der Waals surface area contributed by atoms with E-state index in [0.29, 0.717) is 11.3 Å². The number of rotatable bonds is 4. The van der Waals surface area contributed by atoms with Crippen LogP contribution in [0.5, 0.6) is 5.75 Å². The van der Waals surface area contributed by atoms with Crippen LogP contribution in [0.15, 0.2) is 64.8 Å². The third kappa shape index (κ3) is 3.35. The van der Waals surface area contributed by atoms with E-state index in [1.165, 1.54) is 25.5 Å². The molecule has 1 aromatic heterocycles. The van der Waals surface area contributed by atoms with E-state index in [-0.39, 0.29) is 16.9 Å². The monoisotopic (exact) mass is 425 g/mol. The summed E-state index contributed by atoms with van der Waals surface area (Å²) in [6.07, 6.45) is 1.32. The van der Waals surface area contributed by atoms with Gasteiger partial charge in [-0.05, 0) is 55.0 Å². The molecule has 1 saturated heterocycles. The molecule has 0 bridgehead atoms. The van der Waals surface area contributed by atoms with Gasteiger partial charge in [-0.1, -0.05) is 0 Å². The lowest BCUT2D eigenvalue weighted by molar-refractivity contribution is -0.132.